The quantitative estimate of drug-likeness (QED) is 0.821. The van der Waals surface area contributed by atoms with Crippen LogP contribution >= 0.6 is 11.6 Å². The summed E-state index contributed by atoms with van der Waals surface area (Å²) >= 11 is 5.99. The number of hydrogen-bond donors (Lipinski definition) is 1. The molecule has 0 aliphatic rings. The Morgan fingerprint density at radius 1 is 1.17 bits per heavy atom. The molecule has 2 aromatic carbocycles. The first-order valence-corrected chi connectivity index (χ1v) is 6.30. The summed E-state index contributed by atoms with van der Waals surface area (Å²) in [5, 5.41) is 0.515. The average Bonchev–Trinajstić information content (AvgIpc) is 2.37. The van der Waals surface area contributed by atoms with Gasteiger partial charge in [-0.2, -0.15) is 0 Å². The van der Waals surface area contributed by atoms with E-state index in [1.807, 2.05) is 25.1 Å². The van der Waals surface area contributed by atoms with E-state index in [1.54, 1.807) is 6.07 Å². The standard InChI is InChI=1S/C15H16ClNO/c1-3-11-4-6-12(7-5-11)18-15-9-13(16)14(17)8-10(15)2/h4-9H,3,17H2,1-2H3. The first-order chi connectivity index (χ1) is 8.60. The number of benzene rings is 2. The van der Waals surface area contributed by atoms with Crippen LogP contribution in [0.25, 0.3) is 0 Å². The molecule has 0 aliphatic heterocycles. The smallest absolute Gasteiger partial charge is 0.131 e. The third kappa shape index (κ3) is 2.77. The van der Waals surface area contributed by atoms with Gasteiger partial charge in [0, 0.05) is 6.07 Å². The van der Waals surface area contributed by atoms with Gasteiger partial charge in [0.15, 0.2) is 0 Å². The van der Waals surface area contributed by atoms with Gasteiger partial charge >= 0.3 is 0 Å². The van der Waals surface area contributed by atoms with Gasteiger partial charge in [0.2, 0.25) is 0 Å². The minimum Gasteiger partial charge on any atom is -0.457 e. The van der Waals surface area contributed by atoms with Crippen molar-refractivity contribution in [3.63, 3.8) is 0 Å². The van der Waals surface area contributed by atoms with Crippen molar-refractivity contribution in [2.24, 2.45) is 0 Å². The summed E-state index contributed by atoms with van der Waals surface area (Å²) in [6, 6.07) is 11.6. The molecule has 2 aromatic rings. The van der Waals surface area contributed by atoms with Crippen LogP contribution in [0.2, 0.25) is 5.02 Å². The first-order valence-electron chi connectivity index (χ1n) is 5.92. The summed E-state index contributed by atoms with van der Waals surface area (Å²) in [5.41, 5.74) is 8.56. The zero-order chi connectivity index (χ0) is 13.1. The Hall–Kier alpha value is -1.67. The van der Waals surface area contributed by atoms with Crippen LogP contribution in [-0.2, 0) is 6.42 Å². The number of ether oxygens (including phenoxy) is 1. The maximum absolute atomic E-state index is 5.99. The molecule has 3 heteroatoms. The van der Waals surface area contributed by atoms with Gasteiger partial charge in [-0.1, -0.05) is 30.7 Å². The molecular weight excluding hydrogens is 246 g/mol. The highest BCUT2D eigenvalue weighted by molar-refractivity contribution is 6.33. The van der Waals surface area contributed by atoms with Crippen molar-refractivity contribution >= 4 is 17.3 Å². The van der Waals surface area contributed by atoms with Crippen molar-refractivity contribution in [2.45, 2.75) is 20.3 Å². The lowest BCUT2D eigenvalue weighted by molar-refractivity contribution is 0.479. The van der Waals surface area contributed by atoms with Crippen LogP contribution in [0.4, 0.5) is 5.69 Å². The van der Waals surface area contributed by atoms with Crippen LogP contribution in [-0.4, -0.2) is 0 Å². The molecule has 0 radical (unpaired) electrons. The Morgan fingerprint density at radius 3 is 2.44 bits per heavy atom. The monoisotopic (exact) mass is 261 g/mol. The van der Waals surface area contributed by atoms with Gasteiger partial charge in [-0.25, -0.2) is 0 Å². The second kappa shape index (κ2) is 5.32. The predicted molar refractivity (Wildman–Crippen MR) is 76.5 cm³/mol. The fraction of sp³-hybridized carbons (Fsp3) is 0.200. The molecule has 0 spiro atoms. The second-order valence-electron chi connectivity index (χ2n) is 4.24. The number of nitrogens with two attached hydrogens (primary N) is 1. The molecule has 2 N–H and O–H groups in total. The summed E-state index contributed by atoms with van der Waals surface area (Å²) in [7, 11) is 0. The maximum atomic E-state index is 5.99. The lowest BCUT2D eigenvalue weighted by atomic mass is 10.1. The summed E-state index contributed by atoms with van der Waals surface area (Å²) in [6.45, 7) is 4.07. The molecule has 2 rings (SSSR count). The molecular formula is C15H16ClNO. The third-order valence-electron chi connectivity index (χ3n) is 2.85. The van der Waals surface area contributed by atoms with Crippen LogP contribution in [0.3, 0.4) is 0 Å². The van der Waals surface area contributed by atoms with Crippen LogP contribution in [0.1, 0.15) is 18.1 Å². The van der Waals surface area contributed by atoms with E-state index in [-0.39, 0.29) is 0 Å². The van der Waals surface area contributed by atoms with Crippen molar-refractivity contribution in [3.8, 4) is 11.5 Å². The van der Waals surface area contributed by atoms with E-state index in [0.717, 1.165) is 23.5 Å². The molecule has 2 nitrogen and oxygen atoms in total. The van der Waals surface area contributed by atoms with Gasteiger partial charge in [-0.05, 0) is 42.7 Å². The zero-order valence-corrected chi connectivity index (χ0v) is 11.3. The first kappa shape index (κ1) is 12.8. The predicted octanol–water partition coefficient (Wildman–Crippen LogP) is 4.59. The van der Waals surface area contributed by atoms with Gasteiger partial charge in [0.05, 0.1) is 10.7 Å². The van der Waals surface area contributed by atoms with Crippen molar-refractivity contribution < 1.29 is 4.74 Å². The van der Waals surface area contributed by atoms with E-state index in [0.29, 0.717) is 10.7 Å². The molecule has 0 amide bonds. The highest BCUT2D eigenvalue weighted by Gasteiger charge is 2.06. The van der Waals surface area contributed by atoms with Gasteiger partial charge in [-0.15, -0.1) is 0 Å². The molecule has 94 valence electrons. The lowest BCUT2D eigenvalue weighted by Gasteiger charge is -2.10. The molecule has 0 bridgehead atoms. The Labute approximate surface area is 112 Å². The van der Waals surface area contributed by atoms with Crippen LogP contribution in [0.5, 0.6) is 11.5 Å². The molecule has 0 unspecified atom stereocenters. The summed E-state index contributed by atoms with van der Waals surface area (Å²) in [4.78, 5) is 0. The largest absolute Gasteiger partial charge is 0.457 e. The van der Waals surface area contributed by atoms with E-state index in [2.05, 4.69) is 19.1 Å². The Kier molecular flexibility index (Phi) is 3.78. The SMILES string of the molecule is CCc1ccc(Oc2cc(Cl)c(N)cc2C)cc1. The van der Waals surface area contributed by atoms with Crippen LogP contribution < -0.4 is 10.5 Å². The van der Waals surface area contributed by atoms with Crippen LogP contribution in [0, 0.1) is 6.92 Å². The normalized spacial score (nSPS) is 10.4. The number of rotatable bonds is 3. The van der Waals surface area contributed by atoms with Crippen LogP contribution in [0.15, 0.2) is 36.4 Å². The molecule has 18 heavy (non-hydrogen) atoms. The Balaban J connectivity index is 2.25. The summed E-state index contributed by atoms with van der Waals surface area (Å²) in [6.07, 6.45) is 1.02. The minimum atomic E-state index is 0.515. The van der Waals surface area contributed by atoms with E-state index >= 15 is 0 Å². The van der Waals surface area contributed by atoms with Crippen molar-refractivity contribution in [3.05, 3.63) is 52.5 Å². The third-order valence-corrected chi connectivity index (χ3v) is 3.18. The second-order valence-corrected chi connectivity index (χ2v) is 4.65. The van der Waals surface area contributed by atoms with E-state index < -0.39 is 0 Å². The van der Waals surface area contributed by atoms with E-state index in [1.165, 1.54) is 5.56 Å². The number of nitrogen functional groups attached to an aromatic ring is 1. The lowest BCUT2D eigenvalue weighted by Crippen LogP contribution is -1.92. The van der Waals surface area contributed by atoms with E-state index in [4.69, 9.17) is 22.1 Å². The molecule has 0 aromatic heterocycles. The summed E-state index contributed by atoms with van der Waals surface area (Å²) in [5.74, 6) is 1.54. The Morgan fingerprint density at radius 2 is 1.83 bits per heavy atom. The summed E-state index contributed by atoms with van der Waals surface area (Å²) < 4.78 is 5.80. The van der Waals surface area contributed by atoms with E-state index in [9.17, 15) is 0 Å². The molecule has 0 saturated carbocycles. The number of anilines is 1. The van der Waals surface area contributed by atoms with Gasteiger partial charge < -0.3 is 10.5 Å². The highest BCUT2D eigenvalue weighted by atomic mass is 35.5. The molecule has 0 heterocycles. The fourth-order valence-corrected chi connectivity index (χ4v) is 1.87. The average molecular weight is 262 g/mol. The maximum Gasteiger partial charge on any atom is 0.131 e. The van der Waals surface area contributed by atoms with Crippen molar-refractivity contribution in [2.75, 3.05) is 5.73 Å². The highest BCUT2D eigenvalue weighted by Crippen LogP contribution is 2.31. The van der Waals surface area contributed by atoms with Gasteiger partial charge in [0.1, 0.15) is 11.5 Å². The fourth-order valence-electron chi connectivity index (χ4n) is 1.72. The van der Waals surface area contributed by atoms with Gasteiger partial charge in [-0.3, -0.25) is 0 Å². The molecule has 0 fully saturated rings. The van der Waals surface area contributed by atoms with Gasteiger partial charge in [0.25, 0.3) is 0 Å². The number of aryl methyl sites for hydroxylation is 2. The molecule has 0 aliphatic carbocycles. The number of halogens is 1. The molecule has 0 atom stereocenters. The zero-order valence-electron chi connectivity index (χ0n) is 10.5. The van der Waals surface area contributed by atoms with Crippen molar-refractivity contribution in [1.29, 1.82) is 0 Å². The topological polar surface area (TPSA) is 35.2 Å². The van der Waals surface area contributed by atoms with Crippen molar-refractivity contribution in [1.82, 2.24) is 0 Å². The number of hydrogen-bond acceptors (Lipinski definition) is 2. The molecule has 0 saturated heterocycles. The minimum absolute atomic E-state index is 0.515. The Bertz CT molecular complexity index is 549.